The van der Waals surface area contributed by atoms with Gasteiger partial charge in [-0.05, 0) is 6.92 Å². The molecule has 1 N–H and O–H groups in total. The summed E-state index contributed by atoms with van der Waals surface area (Å²) in [6, 6.07) is 0. The molecule has 0 aromatic rings. The maximum atomic E-state index is 11.7. The van der Waals surface area contributed by atoms with Gasteiger partial charge in [0.15, 0.2) is 0 Å². The van der Waals surface area contributed by atoms with Crippen LogP contribution >= 0.6 is 7.60 Å². The summed E-state index contributed by atoms with van der Waals surface area (Å²) in [4.78, 5) is 0. The first kappa shape index (κ1) is 16.6. The van der Waals surface area contributed by atoms with Crippen molar-refractivity contribution in [3.63, 3.8) is 0 Å². The van der Waals surface area contributed by atoms with Crippen molar-refractivity contribution in [1.82, 2.24) is 0 Å². The van der Waals surface area contributed by atoms with Gasteiger partial charge < -0.3 is 9.05 Å². The number of hydrogen-bond donors (Lipinski definition) is 1. The second kappa shape index (κ2) is 7.14. The first-order valence-corrected chi connectivity index (χ1v) is 8.26. The van der Waals surface area contributed by atoms with Gasteiger partial charge in [0.05, 0.1) is 18.3 Å². The second-order valence-electron chi connectivity index (χ2n) is 3.25. The van der Waals surface area contributed by atoms with Crippen molar-refractivity contribution in [3.8, 4) is 11.8 Å². The summed E-state index contributed by atoms with van der Waals surface area (Å²) >= 11 is 0. The van der Waals surface area contributed by atoms with Crippen molar-refractivity contribution < 1.29 is 26.6 Å². The molecule has 0 aliphatic heterocycles. The highest BCUT2D eigenvalue weighted by Crippen LogP contribution is 2.46. The van der Waals surface area contributed by atoms with E-state index in [2.05, 4.69) is 11.8 Å². The minimum absolute atomic E-state index is 0.167. The van der Waals surface area contributed by atoms with Crippen LogP contribution < -0.4 is 0 Å². The zero-order valence-corrected chi connectivity index (χ0v) is 11.8. The molecule has 2 unspecified atom stereocenters. The predicted molar refractivity (Wildman–Crippen MR) is 64.5 cm³/mol. The van der Waals surface area contributed by atoms with E-state index in [9.17, 15) is 13.0 Å². The molecule has 0 saturated carbocycles. The molecule has 0 radical (unpaired) electrons. The van der Waals surface area contributed by atoms with E-state index in [1.165, 1.54) is 14.0 Å². The standard InChI is InChI=1S/C9H17O6PS/c1-4-6-9(8-17(11,12)13)7-15-16(10,5-2)14-3/h9H,5,7-8H2,1-3H3,(H,11,12,13). The van der Waals surface area contributed by atoms with Gasteiger partial charge in [0.25, 0.3) is 10.1 Å². The zero-order valence-electron chi connectivity index (χ0n) is 10.0. The van der Waals surface area contributed by atoms with Crippen molar-refractivity contribution in [1.29, 1.82) is 0 Å². The molecule has 0 rings (SSSR count). The molecular formula is C9H17O6PS. The predicted octanol–water partition coefficient (Wildman–Crippen LogP) is 1.39. The molecule has 100 valence electrons. The smallest absolute Gasteiger partial charge is 0.312 e. The molecule has 0 amide bonds. The molecule has 0 aromatic heterocycles. The largest absolute Gasteiger partial charge is 0.330 e. The summed E-state index contributed by atoms with van der Waals surface area (Å²) < 4.78 is 51.6. The topological polar surface area (TPSA) is 89.9 Å². The van der Waals surface area contributed by atoms with E-state index in [1.807, 2.05) is 0 Å². The lowest BCUT2D eigenvalue weighted by molar-refractivity contribution is 0.220. The molecule has 6 nitrogen and oxygen atoms in total. The molecule has 0 spiro atoms. The van der Waals surface area contributed by atoms with Gasteiger partial charge in [0.2, 0.25) is 0 Å². The van der Waals surface area contributed by atoms with Crippen LogP contribution in [-0.2, 0) is 23.7 Å². The summed E-state index contributed by atoms with van der Waals surface area (Å²) in [6.45, 7) is 3.00. The SMILES string of the molecule is CC#CC(COP(=O)(CC)OC)CS(=O)(=O)O. The maximum Gasteiger partial charge on any atom is 0.330 e. The molecule has 0 bridgehead atoms. The van der Waals surface area contributed by atoms with E-state index < -0.39 is 29.4 Å². The Hall–Kier alpha value is -0.380. The lowest BCUT2D eigenvalue weighted by atomic mass is 10.2. The fraction of sp³-hybridized carbons (Fsp3) is 0.778. The molecule has 8 heteroatoms. The monoisotopic (exact) mass is 284 g/mol. The van der Waals surface area contributed by atoms with Gasteiger partial charge in [0, 0.05) is 13.3 Å². The molecule has 0 heterocycles. The summed E-state index contributed by atoms with van der Waals surface area (Å²) in [5, 5.41) is 0. The molecule has 0 aromatic carbocycles. The van der Waals surface area contributed by atoms with Crippen molar-refractivity contribution in [2.24, 2.45) is 5.92 Å². The van der Waals surface area contributed by atoms with Crippen LogP contribution in [0.2, 0.25) is 0 Å². The summed E-state index contributed by atoms with van der Waals surface area (Å²) in [5.74, 6) is 3.81. The summed E-state index contributed by atoms with van der Waals surface area (Å²) in [5.41, 5.74) is 0. The highest BCUT2D eigenvalue weighted by atomic mass is 32.2. The first-order valence-electron chi connectivity index (χ1n) is 4.93. The van der Waals surface area contributed by atoms with E-state index in [-0.39, 0.29) is 12.8 Å². The third-order valence-corrected chi connectivity index (χ3v) is 4.60. The Morgan fingerprint density at radius 1 is 1.47 bits per heavy atom. The van der Waals surface area contributed by atoms with Crippen LogP contribution in [-0.4, -0.2) is 38.6 Å². The van der Waals surface area contributed by atoms with Crippen LogP contribution in [0.1, 0.15) is 13.8 Å². The third-order valence-electron chi connectivity index (χ3n) is 1.90. The molecular weight excluding hydrogens is 267 g/mol. The van der Waals surface area contributed by atoms with Gasteiger partial charge in [-0.2, -0.15) is 8.42 Å². The first-order chi connectivity index (χ1) is 7.76. The third kappa shape index (κ3) is 7.53. The van der Waals surface area contributed by atoms with Crippen LogP contribution in [0.25, 0.3) is 0 Å². The minimum Gasteiger partial charge on any atom is -0.312 e. The molecule has 0 fully saturated rings. The van der Waals surface area contributed by atoms with E-state index in [4.69, 9.17) is 13.6 Å². The molecule has 17 heavy (non-hydrogen) atoms. The van der Waals surface area contributed by atoms with E-state index in [0.717, 1.165) is 0 Å². The van der Waals surface area contributed by atoms with Crippen LogP contribution in [0, 0.1) is 17.8 Å². The Balaban J connectivity index is 4.57. The average Bonchev–Trinajstić information content (AvgIpc) is 2.24. The van der Waals surface area contributed by atoms with Crippen molar-refractivity contribution in [2.75, 3.05) is 25.6 Å². The molecule has 0 aliphatic carbocycles. The van der Waals surface area contributed by atoms with E-state index >= 15 is 0 Å². The zero-order chi connectivity index (χ0) is 13.5. The molecule has 0 saturated heterocycles. The van der Waals surface area contributed by atoms with Gasteiger partial charge in [-0.15, -0.1) is 5.92 Å². The quantitative estimate of drug-likeness (QED) is 0.431. The van der Waals surface area contributed by atoms with E-state index in [0.29, 0.717) is 0 Å². The van der Waals surface area contributed by atoms with Gasteiger partial charge in [0.1, 0.15) is 0 Å². The molecule has 2 atom stereocenters. The highest BCUT2D eigenvalue weighted by Gasteiger charge is 2.23. The lowest BCUT2D eigenvalue weighted by Gasteiger charge is -2.16. The van der Waals surface area contributed by atoms with Gasteiger partial charge in [-0.1, -0.05) is 12.8 Å². The summed E-state index contributed by atoms with van der Waals surface area (Å²) in [7, 11) is -6.05. The van der Waals surface area contributed by atoms with Crippen LogP contribution in [0.3, 0.4) is 0 Å². The Labute approximate surface area is 102 Å². The normalized spacial score (nSPS) is 16.7. The van der Waals surface area contributed by atoms with Gasteiger partial charge in [-0.3, -0.25) is 9.12 Å². The highest BCUT2D eigenvalue weighted by molar-refractivity contribution is 7.85. The van der Waals surface area contributed by atoms with Crippen molar-refractivity contribution in [2.45, 2.75) is 13.8 Å². The maximum absolute atomic E-state index is 11.7. The van der Waals surface area contributed by atoms with E-state index in [1.54, 1.807) is 6.92 Å². The van der Waals surface area contributed by atoms with Gasteiger partial charge in [-0.25, -0.2) is 0 Å². The second-order valence-corrected chi connectivity index (χ2v) is 7.22. The van der Waals surface area contributed by atoms with Crippen LogP contribution in [0.5, 0.6) is 0 Å². The Morgan fingerprint density at radius 3 is 2.41 bits per heavy atom. The number of rotatable bonds is 7. The number of hydrogen-bond acceptors (Lipinski definition) is 5. The average molecular weight is 284 g/mol. The van der Waals surface area contributed by atoms with Crippen LogP contribution in [0.15, 0.2) is 0 Å². The molecule has 0 aliphatic rings. The van der Waals surface area contributed by atoms with Crippen molar-refractivity contribution >= 4 is 17.7 Å². The Morgan fingerprint density at radius 2 is 2.06 bits per heavy atom. The minimum atomic E-state index is -4.14. The van der Waals surface area contributed by atoms with Crippen molar-refractivity contribution in [3.05, 3.63) is 0 Å². The Kier molecular flexibility index (Phi) is 6.98. The summed E-state index contributed by atoms with van der Waals surface area (Å²) in [6.07, 6.45) is 0.182. The lowest BCUT2D eigenvalue weighted by Crippen LogP contribution is -2.19. The van der Waals surface area contributed by atoms with Gasteiger partial charge >= 0.3 is 7.60 Å². The van der Waals surface area contributed by atoms with Crippen LogP contribution in [0.4, 0.5) is 0 Å². The fourth-order valence-electron chi connectivity index (χ4n) is 1.07. The fourth-order valence-corrected chi connectivity index (χ4v) is 2.71. The Bertz CT molecular complexity index is 424.